The lowest BCUT2D eigenvalue weighted by Crippen LogP contribution is -1.88. The van der Waals surface area contributed by atoms with Gasteiger partial charge in [0.15, 0.2) is 6.29 Å². The molecule has 16 heavy (non-hydrogen) atoms. The van der Waals surface area contributed by atoms with Gasteiger partial charge in [0.25, 0.3) is 0 Å². The second-order valence-electron chi connectivity index (χ2n) is 3.36. The van der Waals surface area contributed by atoms with Crippen LogP contribution in [0.15, 0.2) is 34.8 Å². The van der Waals surface area contributed by atoms with Crippen molar-refractivity contribution < 1.29 is 4.79 Å². The Kier molecular flexibility index (Phi) is 3.53. The van der Waals surface area contributed by atoms with E-state index in [0.717, 1.165) is 27.1 Å². The second kappa shape index (κ2) is 4.74. The summed E-state index contributed by atoms with van der Waals surface area (Å²) in [5, 5.41) is 1.91. The van der Waals surface area contributed by atoms with Gasteiger partial charge in [0.05, 0.1) is 0 Å². The number of hydrogen-bond donors (Lipinski definition) is 0. The van der Waals surface area contributed by atoms with Crippen molar-refractivity contribution in [2.75, 3.05) is 0 Å². The van der Waals surface area contributed by atoms with Crippen LogP contribution in [0.3, 0.4) is 0 Å². The van der Waals surface area contributed by atoms with Gasteiger partial charge in [0.2, 0.25) is 0 Å². The third-order valence-electron chi connectivity index (χ3n) is 2.39. The van der Waals surface area contributed by atoms with Crippen molar-refractivity contribution >= 4 is 56.2 Å². The molecule has 1 nitrogen and oxygen atoms in total. The number of rotatable bonds is 2. The zero-order chi connectivity index (χ0) is 11.7. The van der Waals surface area contributed by atoms with E-state index in [9.17, 15) is 4.79 Å². The van der Waals surface area contributed by atoms with Crippen LogP contribution in [0.4, 0.5) is 0 Å². The number of aldehydes is 1. The van der Waals surface area contributed by atoms with Gasteiger partial charge in [0.1, 0.15) is 4.84 Å². The van der Waals surface area contributed by atoms with Gasteiger partial charge in [-0.25, -0.2) is 0 Å². The lowest BCUT2D eigenvalue weighted by molar-refractivity contribution is 0.112. The van der Waals surface area contributed by atoms with Gasteiger partial charge in [-0.15, -0.1) is 23.2 Å². The van der Waals surface area contributed by atoms with Gasteiger partial charge < -0.3 is 0 Å². The maximum atomic E-state index is 10.8. The Labute approximate surface area is 111 Å². The Morgan fingerprint density at radius 1 is 1.25 bits per heavy atom. The van der Waals surface area contributed by atoms with Gasteiger partial charge in [0, 0.05) is 10.0 Å². The first-order chi connectivity index (χ1) is 7.63. The van der Waals surface area contributed by atoms with Crippen molar-refractivity contribution in [1.82, 2.24) is 0 Å². The minimum Gasteiger partial charge on any atom is -0.298 e. The van der Waals surface area contributed by atoms with E-state index in [1.807, 2.05) is 30.3 Å². The van der Waals surface area contributed by atoms with Gasteiger partial charge >= 0.3 is 0 Å². The smallest absolute Gasteiger partial charge is 0.151 e. The van der Waals surface area contributed by atoms with Crippen LogP contribution in [-0.2, 0) is 0 Å². The summed E-state index contributed by atoms with van der Waals surface area (Å²) < 4.78 is 0.747. The summed E-state index contributed by atoms with van der Waals surface area (Å²) in [7, 11) is 0. The average Bonchev–Trinajstić information content (AvgIpc) is 2.27. The molecule has 4 heteroatoms. The highest BCUT2D eigenvalue weighted by molar-refractivity contribution is 9.10. The number of hydrogen-bond acceptors (Lipinski definition) is 1. The van der Waals surface area contributed by atoms with E-state index in [0.29, 0.717) is 5.56 Å². The first kappa shape index (κ1) is 11.9. The Balaban J connectivity index is 2.79. The minimum absolute atomic E-state index is 0.572. The monoisotopic (exact) mass is 316 g/mol. The van der Waals surface area contributed by atoms with Crippen LogP contribution in [0.2, 0.25) is 0 Å². The molecule has 0 atom stereocenters. The highest BCUT2D eigenvalue weighted by atomic mass is 79.9. The van der Waals surface area contributed by atoms with E-state index in [4.69, 9.17) is 23.2 Å². The van der Waals surface area contributed by atoms with Crippen molar-refractivity contribution in [3.05, 3.63) is 45.9 Å². The SMILES string of the molecule is O=Cc1cc2cccc(C(Cl)Cl)c2cc1Br. The lowest BCUT2D eigenvalue weighted by atomic mass is 10.0. The summed E-state index contributed by atoms with van der Waals surface area (Å²) in [5.74, 6) is 0. The van der Waals surface area contributed by atoms with Crippen LogP contribution < -0.4 is 0 Å². The topological polar surface area (TPSA) is 17.1 Å². The fourth-order valence-corrected chi connectivity index (χ4v) is 2.44. The molecule has 82 valence electrons. The Morgan fingerprint density at radius 2 is 2.00 bits per heavy atom. The van der Waals surface area contributed by atoms with Gasteiger partial charge in [-0.1, -0.05) is 34.1 Å². The molecule has 0 heterocycles. The largest absolute Gasteiger partial charge is 0.298 e. The predicted molar refractivity (Wildman–Crippen MR) is 71.5 cm³/mol. The molecule has 0 saturated heterocycles. The molecule has 2 aromatic carbocycles. The number of benzene rings is 2. The molecule has 0 aliphatic carbocycles. The molecule has 0 aliphatic heterocycles. The molecule has 2 aromatic rings. The first-order valence-corrected chi connectivity index (χ1v) is 6.25. The van der Waals surface area contributed by atoms with E-state index in [1.165, 1.54) is 0 Å². The van der Waals surface area contributed by atoms with Crippen LogP contribution in [0, 0.1) is 0 Å². The predicted octanol–water partition coefficient (Wildman–Crippen LogP) is 4.89. The molecule has 0 radical (unpaired) electrons. The number of carbonyl (C=O) groups is 1. The van der Waals surface area contributed by atoms with Crippen molar-refractivity contribution in [2.45, 2.75) is 4.84 Å². The van der Waals surface area contributed by atoms with Crippen LogP contribution >= 0.6 is 39.1 Å². The quantitative estimate of drug-likeness (QED) is 0.569. The zero-order valence-corrected chi connectivity index (χ0v) is 11.2. The minimum atomic E-state index is -0.572. The van der Waals surface area contributed by atoms with Gasteiger partial charge in [-0.2, -0.15) is 0 Å². The van der Waals surface area contributed by atoms with Crippen LogP contribution in [0.25, 0.3) is 10.8 Å². The van der Waals surface area contributed by atoms with E-state index in [2.05, 4.69) is 15.9 Å². The third kappa shape index (κ3) is 2.10. The number of halogens is 3. The van der Waals surface area contributed by atoms with Crippen LogP contribution in [0.5, 0.6) is 0 Å². The second-order valence-corrected chi connectivity index (χ2v) is 5.31. The van der Waals surface area contributed by atoms with Crippen molar-refractivity contribution in [1.29, 1.82) is 0 Å². The zero-order valence-electron chi connectivity index (χ0n) is 8.08. The molecule has 0 saturated carbocycles. The molecule has 0 spiro atoms. The maximum absolute atomic E-state index is 10.8. The summed E-state index contributed by atoms with van der Waals surface area (Å²) in [5.41, 5.74) is 1.46. The Morgan fingerprint density at radius 3 is 2.62 bits per heavy atom. The normalized spacial score (nSPS) is 11.0. The third-order valence-corrected chi connectivity index (χ3v) is 3.55. The molecule has 2 rings (SSSR count). The average molecular weight is 318 g/mol. The summed E-state index contributed by atoms with van der Waals surface area (Å²) in [6, 6.07) is 9.35. The summed E-state index contributed by atoms with van der Waals surface area (Å²) in [6.07, 6.45) is 0.815. The molecule has 0 unspecified atom stereocenters. The number of fused-ring (bicyclic) bond motifs is 1. The highest BCUT2D eigenvalue weighted by Gasteiger charge is 2.10. The van der Waals surface area contributed by atoms with E-state index < -0.39 is 4.84 Å². The van der Waals surface area contributed by atoms with Crippen LogP contribution in [-0.4, -0.2) is 6.29 Å². The summed E-state index contributed by atoms with van der Waals surface area (Å²) in [4.78, 5) is 10.2. The Hall–Kier alpha value is -0.570. The fourth-order valence-electron chi connectivity index (χ4n) is 1.62. The van der Waals surface area contributed by atoms with E-state index in [-0.39, 0.29) is 0 Å². The van der Waals surface area contributed by atoms with E-state index in [1.54, 1.807) is 0 Å². The highest BCUT2D eigenvalue weighted by Crippen LogP contribution is 2.33. The number of alkyl halides is 2. The van der Waals surface area contributed by atoms with Crippen molar-refractivity contribution in [3.63, 3.8) is 0 Å². The molecular formula is C12H7BrCl2O. The molecule has 0 aliphatic rings. The van der Waals surface area contributed by atoms with Gasteiger partial charge in [-0.3, -0.25) is 4.79 Å². The van der Waals surface area contributed by atoms with Gasteiger partial charge in [-0.05, 0) is 28.5 Å². The van der Waals surface area contributed by atoms with Crippen molar-refractivity contribution in [2.24, 2.45) is 0 Å². The number of carbonyl (C=O) groups excluding carboxylic acids is 1. The molecule has 0 fully saturated rings. The van der Waals surface area contributed by atoms with Crippen LogP contribution in [0.1, 0.15) is 20.8 Å². The summed E-state index contributed by atoms with van der Waals surface area (Å²) >= 11 is 15.1. The molecule has 0 bridgehead atoms. The molecular weight excluding hydrogens is 311 g/mol. The fraction of sp³-hybridized carbons (Fsp3) is 0.0833. The maximum Gasteiger partial charge on any atom is 0.151 e. The Bertz CT molecular complexity index is 552. The molecule has 0 amide bonds. The molecule has 0 N–H and O–H groups in total. The lowest BCUT2D eigenvalue weighted by Gasteiger charge is -2.08. The molecule has 0 aromatic heterocycles. The standard InChI is InChI=1S/C12H7BrCl2O/c13-11-5-10-7(4-8(11)6-16)2-1-3-9(10)12(14)15/h1-6,12H. The summed E-state index contributed by atoms with van der Waals surface area (Å²) in [6.45, 7) is 0. The van der Waals surface area contributed by atoms with E-state index >= 15 is 0 Å². The first-order valence-electron chi connectivity index (χ1n) is 4.59. The van der Waals surface area contributed by atoms with Crippen molar-refractivity contribution in [3.8, 4) is 0 Å².